The van der Waals surface area contributed by atoms with Gasteiger partial charge in [0.05, 0.1) is 25.4 Å². The maximum atomic E-state index is 11.6. The van der Waals surface area contributed by atoms with Gasteiger partial charge in [-0.3, -0.25) is 9.63 Å². The van der Waals surface area contributed by atoms with Crippen molar-refractivity contribution in [1.82, 2.24) is 9.79 Å². The molecule has 0 saturated carbocycles. The summed E-state index contributed by atoms with van der Waals surface area (Å²) in [5.74, 6) is -0.114. The van der Waals surface area contributed by atoms with E-state index in [4.69, 9.17) is 4.84 Å². The standard InChI is InChI=1S/C9H18N2O4S/c1-9(2,3)8(12)10-7-5-11(15-6-7)16(4,13)14/h7H,5-6H2,1-4H3,(H,10,12)/t7-/m0/s1. The fourth-order valence-corrected chi connectivity index (χ4v) is 1.88. The Morgan fingerprint density at radius 2 is 2.00 bits per heavy atom. The number of sulfonamides is 1. The molecule has 1 aliphatic heterocycles. The lowest BCUT2D eigenvalue weighted by Crippen LogP contribution is -2.44. The van der Waals surface area contributed by atoms with Crippen LogP contribution in [0.4, 0.5) is 0 Å². The molecule has 1 N–H and O–H groups in total. The smallest absolute Gasteiger partial charge is 0.233 e. The van der Waals surface area contributed by atoms with E-state index < -0.39 is 15.4 Å². The van der Waals surface area contributed by atoms with Gasteiger partial charge in [0.1, 0.15) is 0 Å². The Morgan fingerprint density at radius 3 is 2.38 bits per heavy atom. The van der Waals surface area contributed by atoms with Gasteiger partial charge in [0.2, 0.25) is 15.9 Å². The van der Waals surface area contributed by atoms with Gasteiger partial charge in [-0.25, -0.2) is 8.42 Å². The van der Waals surface area contributed by atoms with Gasteiger partial charge in [-0.05, 0) is 0 Å². The molecule has 1 rings (SSSR count). The van der Waals surface area contributed by atoms with E-state index in [0.717, 1.165) is 10.7 Å². The highest BCUT2D eigenvalue weighted by molar-refractivity contribution is 7.88. The van der Waals surface area contributed by atoms with Crippen LogP contribution in [0.25, 0.3) is 0 Å². The van der Waals surface area contributed by atoms with E-state index in [1.807, 2.05) is 0 Å². The van der Waals surface area contributed by atoms with Gasteiger partial charge in [0.15, 0.2) is 0 Å². The first-order valence-corrected chi connectivity index (χ1v) is 6.87. The van der Waals surface area contributed by atoms with Crippen LogP contribution in [0.15, 0.2) is 0 Å². The normalized spacial score (nSPS) is 23.4. The molecule has 0 unspecified atom stereocenters. The van der Waals surface area contributed by atoms with Crippen molar-refractivity contribution in [2.45, 2.75) is 26.8 Å². The van der Waals surface area contributed by atoms with Crippen molar-refractivity contribution < 1.29 is 18.0 Å². The second-order valence-corrected chi connectivity index (χ2v) is 6.84. The number of nitrogens with one attached hydrogen (secondary N) is 1. The van der Waals surface area contributed by atoms with Crippen LogP contribution in [0.2, 0.25) is 0 Å². The molecule has 1 saturated heterocycles. The van der Waals surface area contributed by atoms with Gasteiger partial charge in [-0.1, -0.05) is 25.2 Å². The largest absolute Gasteiger partial charge is 0.349 e. The zero-order valence-corrected chi connectivity index (χ0v) is 10.8. The number of carbonyl (C=O) groups excluding carboxylic acids is 1. The summed E-state index contributed by atoms with van der Waals surface area (Å²) < 4.78 is 23.2. The average molecular weight is 250 g/mol. The summed E-state index contributed by atoms with van der Waals surface area (Å²) in [7, 11) is -3.35. The van der Waals surface area contributed by atoms with Crippen LogP contribution < -0.4 is 5.32 Å². The van der Waals surface area contributed by atoms with E-state index in [1.165, 1.54) is 0 Å². The highest BCUT2D eigenvalue weighted by Gasteiger charge is 2.33. The van der Waals surface area contributed by atoms with Crippen molar-refractivity contribution >= 4 is 15.9 Å². The molecule has 6 nitrogen and oxygen atoms in total. The number of hydroxylamine groups is 1. The van der Waals surface area contributed by atoms with Crippen LogP contribution >= 0.6 is 0 Å². The van der Waals surface area contributed by atoms with E-state index >= 15 is 0 Å². The molecule has 0 aromatic rings. The lowest BCUT2D eigenvalue weighted by molar-refractivity contribution is -0.129. The second-order valence-electron chi connectivity index (χ2n) is 4.96. The van der Waals surface area contributed by atoms with E-state index in [-0.39, 0.29) is 25.1 Å². The van der Waals surface area contributed by atoms with E-state index in [2.05, 4.69) is 5.32 Å². The third-order valence-corrected chi connectivity index (χ3v) is 3.17. The molecule has 1 heterocycles. The van der Waals surface area contributed by atoms with Crippen LogP contribution in [0.5, 0.6) is 0 Å². The van der Waals surface area contributed by atoms with Crippen molar-refractivity contribution in [2.24, 2.45) is 5.41 Å². The molecule has 16 heavy (non-hydrogen) atoms. The van der Waals surface area contributed by atoms with Crippen LogP contribution in [-0.4, -0.2) is 44.2 Å². The van der Waals surface area contributed by atoms with Gasteiger partial charge in [-0.15, -0.1) is 0 Å². The van der Waals surface area contributed by atoms with Gasteiger partial charge in [0, 0.05) is 5.41 Å². The summed E-state index contributed by atoms with van der Waals surface area (Å²) in [6.45, 7) is 5.75. The zero-order chi connectivity index (χ0) is 12.6. The molecule has 1 amide bonds. The number of nitrogens with zero attached hydrogens (tertiary/aromatic N) is 1. The van der Waals surface area contributed by atoms with Crippen molar-refractivity contribution in [3.63, 3.8) is 0 Å². The number of carbonyl (C=O) groups is 1. The summed E-state index contributed by atoms with van der Waals surface area (Å²) in [6.07, 6.45) is 1.07. The molecule has 0 bridgehead atoms. The molecule has 0 radical (unpaired) electrons. The molecule has 1 atom stereocenters. The Hall–Kier alpha value is -0.660. The fraction of sp³-hybridized carbons (Fsp3) is 0.889. The second kappa shape index (κ2) is 4.31. The molecule has 0 spiro atoms. The minimum atomic E-state index is -3.35. The lowest BCUT2D eigenvalue weighted by atomic mass is 9.95. The Bertz CT molecular complexity index is 371. The lowest BCUT2D eigenvalue weighted by Gasteiger charge is -2.20. The number of hydrogen-bond acceptors (Lipinski definition) is 4. The molecular weight excluding hydrogens is 232 g/mol. The van der Waals surface area contributed by atoms with Crippen molar-refractivity contribution in [3.05, 3.63) is 0 Å². The van der Waals surface area contributed by atoms with E-state index in [1.54, 1.807) is 20.8 Å². The highest BCUT2D eigenvalue weighted by Crippen LogP contribution is 2.15. The summed E-state index contributed by atoms with van der Waals surface area (Å²) in [4.78, 5) is 16.6. The Morgan fingerprint density at radius 1 is 1.44 bits per heavy atom. The summed E-state index contributed by atoms with van der Waals surface area (Å²) in [5, 5.41) is 2.75. The van der Waals surface area contributed by atoms with Crippen LogP contribution in [-0.2, 0) is 19.7 Å². The average Bonchev–Trinajstić information content (AvgIpc) is 2.49. The first-order chi connectivity index (χ1) is 7.10. The number of amides is 1. The molecule has 0 aromatic heterocycles. The first-order valence-electron chi connectivity index (χ1n) is 5.02. The third kappa shape index (κ3) is 3.43. The summed E-state index contributed by atoms with van der Waals surface area (Å²) in [5.41, 5.74) is -0.488. The van der Waals surface area contributed by atoms with E-state index in [9.17, 15) is 13.2 Å². The fourth-order valence-electron chi connectivity index (χ4n) is 1.18. The molecule has 1 aliphatic rings. The zero-order valence-electron chi connectivity index (χ0n) is 9.98. The molecule has 0 aromatic carbocycles. The van der Waals surface area contributed by atoms with Gasteiger partial charge in [-0.2, -0.15) is 0 Å². The van der Waals surface area contributed by atoms with Gasteiger partial charge < -0.3 is 5.32 Å². The number of rotatable bonds is 2. The van der Waals surface area contributed by atoms with Crippen molar-refractivity contribution in [3.8, 4) is 0 Å². The van der Waals surface area contributed by atoms with Crippen molar-refractivity contribution in [1.29, 1.82) is 0 Å². The predicted molar refractivity (Wildman–Crippen MR) is 58.9 cm³/mol. The minimum absolute atomic E-state index is 0.114. The molecule has 7 heteroatoms. The maximum Gasteiger partial charge on any atom is 0.233 e. The first kappa shape index (κ1) is 13.4. The van der Waals surface area contributed by atoms with Crippen molar-refractivity contribution in [2.75, 3.05) is 19.4 Å². The monoisotopic (exact) mass is 250 g/mol. The minimum Gasteiger partial charge on any atom is -0.349 e. The Kier molecular flexibility index (Phi) is 3.61. The van der Waals surface area contributed by atoms with Crippen LogP contribution in [0, 0.1) is 5.41 Å². The highest BCUT2D eigenvalue weighted by atomic mass is 32.2. The molecule has 94 valence electrons. The topological polar surface area (TPSA) is 75.7 Å². The predicted octanol–water partition coefficient (Wildman–Crippen LogP) is -0.276. The molecular formula is C9H18N2O4S. The van der Waals surface area contributed by atoms with Gasteiger partial charge >= 0.3 is 0 Å². The summed E-state index contributed by atoms with van der Waals surface area (Å²) in [6, 6.07) is -0.276. The quantitative estimate of drug-likeness (QED) is 0.731. The SMILES string of the molecule is CC(C)(C)C(=O)N[C@@H]1CON(S(C)(=O)=O)C1. The maximum absolute atomic E-state index is 11.6. The van der Waals surface area contributed by atoms with Crippen LogP contribution in [0.3, 0.4) is 0 Å². The molecule has 0 aliphatic carbocycles. The number of hydrogen-bond donors (Lipinski definition) is 1. The Labute approximate surface area is 96.0 Å². The summed E-state index contributed by atoms with van der Waals surface area (Å²) >= 11 is 0. The van der Waals surface area contributed by atoms with Gasteiger partial charge in [0.25, 0.3) is 0 Å². The van der Waals surface area contributed by atoms with Crippen LogP contribution in [0.1, 0.15) is 20.8 Å². The molecule has 1 fully saturated rings. The third-order valence-electron chi connectivity index (χ3n) is 2.18. The Balaban J connectivity index is 2.53. The van der Waals surface area contributed by atoms with E-state index in [0.29, 0.717) is 0 Å².